The maximum atomic E-state index is 12.3. The van der Waals surface area contributed by atoms with Crippen LogP contribution in [0.2, 0.25) is 5.02 Å². The topological polar surface area (TPSA) is 76.1 Å². The average Bonchev–Trinajstić information content (AvgIpc) is 2.63. The van der Waals surface area contributed by atoms with Crippen LogP contribution in [-0.2, 0) is 0 Å². The number of rotatable bonds is 5. The minimum atomic E-state index is -0.321. The van der Waals surface area contributed by atoms with Crippen molar-refractivity contribution in [3.8, 4) is 5.75 Å². The molecule has 0 aliphatic heterocycles. The van der Waals surface area contributed by atoms with Crippen LogP contribution in [0.25, 0.3) is 0 Å². The van der Waals surface area contributed by atoms with E-state index in [-0.39, 0.29) is 5.91 Å². The molecule has 2 N–H and O–H groups in total. The third-order valence-corrected chi connectivity index (χ3v) is 3.59. The molecule has 0 radical (unpaired) electrons. The van der Waals surface area contributed by atoms with Crippen LogP contribution in [0.15, 0.2) is 60.9 Å². The Morgan fingerprint density at radius 1 is 1.08 bits per heavy atom. The fourth-order valence-electron chi connectivity index (χ4n) is 2.15. The first-order chi connectivity index (χ1) is 12.2. The van der Waals surface area contributed by atoms with Crippen LogP contribution in [0.1, 0.15) is 10.4 Å². The van der Waals surface area contributed by atoms with E-state index in [1.54, 1.807) is 31.4 Å². The highest BCUT2D eigenvalue weighted by Gasteiger charge is 2.10. The summed E-state index contributed by atoms with van der Waals surface area (Å²) < 4.78 is 5.21. The number of benzene rings is 2. The largest absolute Gasteiger partial charge is 0.495 e. The van der Waals surface area contributed by atoms with Crippen molar-refractivity contribution in [3.05, 3.63) is 71.5 Å². The van der Waals surface area contributed by atoms with Crippen LogP contribution < -0.4 is 15.4 Å². The zero-order chi connectivity index (χ0) is 17.6. The number of hydrogen-bond donors (Lipinski definition) is 2. The molecule has 3 aromatic rings. The molecule has 7 heteroatoms. The smallest absolute Gasteiger partial charge is 0.258 e. The first-order valence-electron chi connectivity index (χ1n) is 7.45. The van der Waals surface area contributed by atoms with Crippen LogP contribution in [-0.4, -0.2) is 23.0 Å². The Hall–Kier alpha value is -3.12. The van der Waals surface area contributed by atoms with Crippen molar-refractivity contribution in [3.63, 3.8) is 0 Å². The number of hydrogen-bond acceptors (Lipinski definition) is 5. The molecule has 0 spiro atoms. The summed E-state index contributed by atoms with van der Waals surface area (Å²) in [5, 5.41) is 6.40. The number of carbonyl (C=O) groups excluding carboxylic acids is 1. The maximum Gasteiger partial charge on any atom is 0.258 e. The molecule has 0 saturated carbocycles. The fraction of sp³-hybridized carbons (Fsp3) is 0.0556. The SMILES string of the molecule is COc1ccccc1NC(=O)c1cnc(Nc2cccc(Cl)c2)nc1. The number of anilines is 3. The number of para-hydroxylation sites is 2. The van der Waals surface area contributed by atoms with Gasteiger partial charge in [-0.25, -0.2) is 9.97 Å². The summed E-state index contributed by atoms with van der Waals surface area (Å²) in [6, 6.07) is 14.4. The van der Waals surface area contributed by atoms with Crippen LogP contribution in [0.3, 0.4) is 0 Å². The van der Waals surface area contributed by atoms with Crippen molar-refractivity contribution < 1.29 is 9.53 Å². The van der Waals surface area contributed by atoms with E-state index in [1.807, 2.05) is 24.3 Å². The van der Waals surface area contributed by atoms with Crippen molar-refractivity contribution in [2.75, 3.05) is 17.7 Å². The average molecular weight is 355 g/mol. The second-order valence-electron chi connectivity index (χ2n) is 5.09. The van der Waals surface area contributed by atoms with E-state index in [2.05, 4.69) is 20.6 Å². The number of amides is 1. The summed E-state index contributed by atoms with van der Waals surface area (Å²) in [6.07, 6.45) is 2.90. The molecule has 1 aromatic heterocycles. The molecule has 6 nitrogen and oxygen atoms in total. The zero-order valence-corrected chi connectivity index (χ0v) is 14.1. The van der Waals surface area contributed by atoms with E-state index in [9.17, 15) is 4.79 Å². The molecule has 0 aliphatic rings. The molecule has 0 unspecified atom stereocenters. The maximum absolute atomic E-state index is 12.3. The van der Waals surface area contributed by atoms with Gasteiger partial charge >= 0.3 is 0 Å². The van der Waals surface area contributed by atoms with E-state index in [4.69, 9.17) is 16.3 Å². The van der Waals surface area contributed by atoms with Gasteiger partial charge in [-0.15, -0.1) is 0 Å². The second-order valence-corrected chi connectivity index (χ2v) is 5.52. The molecule has 3 rings (SSSR count). The number of aromatic nitrogens is 2. The molecule has 0 fully saturated rings. The van der Waals surface area contributed by atoms with Crippen LogP contribution in [0.5, 0.6) is 5.75 Å². The van der Waals surface area contributed by atoms with Gasteiger partial charge in [0.05, 0.1) is 18.4 Å². The van der Waals surface area contributed by atoms with Gasteiger partial charge in [0.25, 0.3) is 5.91 Å². The lowest BCUT2D eigenvalue weighted by atomic mass is 10.2. The van der Waals surface area contributed by atoms with E-state index in [0.717, 1.165) is 5.69 Å². The minimum Gasteiger partial charge on any atom is -0.495 e. The van der Waals surface area contributed by atoms with Crippen LogP contribution in [0.4, 0.5) is 17.3 Å². The Bertz CT molecular complexity index is 884. The third kappa shape index (κ3) is 4.24. The lowest BCUT2D eigenvalue weighted by molar-refractivity contribution is 0.102. The Labute approximate surface area is 149 Å². The monoisotopic (exact) mass is 354 g/mol. The Morgan fingerprint density at radius 2 is 1.84 bits per heavy atom. The first kappa shape index (κ1) is 16.7. The normalized spacial score (nSPS) is 10.2. The lowest BCUT2D eigenvalue weighted by Crippen LogP contribution is -2.13. The summed E-state index contributed by atoms with van der Waals surface area (Å²) in [5.41, 5.74) is 1.68. The van der Waals surface area contributed by atoms with E-state index >= 15 is 0 Å². The predicted octanol–water partition coefficient (Wildman–Crippen LogP) is 4.13. The van der Waals surface area contributed by atoms with Gasteiger partial charge in [-0.3, -0.25) is 4.79 Å². The number of nitrogens with zero attached hydrogens (tertiary/aromatic N) is 2. The van der Waals surface area contributed by atoms with Gasteiger partial charge in [0.1, 0.15) is 5.75 Å². The van der Waals surface area contributed by atoms with Gasteiger partial charge in [0.15, 0.2) is 0 Å². The van der Waals surface area contributed by atoms with E-state index in [1.165, 1.54) is 12.4 Å². The van der Waals surface area contributed by atoms with Crippen molar-refractivity contribution in [1.82, 2.24) is 9.97 Å². The van der Waals surface area contributed by atoms with Gasteiger partial charge < -0.3 is 15.4 Å². The van der Waals surface area contributed by atoms with Gasteiger partial charge in [-0.2, -0.15) is 0 Å². The molecule has 126 valence electrons. The molecule has 0 saturated heterocycles. The number of carbonyl (C=O) groups is 1. The Balaban J connectivity index is 1.70. The second kappa shape index (κ2) is 7.63. The summed E-state index contributed by atoms with van der Waals surface area (Å²) in [6.45, 7) is 0. The highest BCUT2D eigenvalue weighted by atomic mass is 35.5. The van der Waals surface area contributed by atoms with Gasteiger partial charge in [-0.05, 0) is 30.3 Å². The highest BCUT2D eigenvalue weighted by molar-refractivity contribution is 6.30. The standard InChI is InChI=1S/C18H15ClN4O2/c1-25-16-8-3-2-7-15(16)23-17(24)12-10-20-18(21-11-12)22-14-6-4-5-13(19)9-14/h2-11H,1H3,(H,23,24)(H,20,21,22). The van der Waals surface area contributed by atoms with E-state index < -0.39 is 0 Å². The molecular weight excluding hydrogens is 340 g/mol. The fourth-order valence-corrected chi connectivity index (χ4v) is 2.34. The molecule has 25 heavy (non-hydrogen) atoms. The first-order valence-corrected chi connectivity index (χ1v) is 7.82. The molecule has 1 amide bonds. The number of halogens is 1. The summed E-state index contributed by atoms with van der Waals surface area (Å²) >= 11 is 5.94. The number of ether oxygens (including phenoxy) is 1. The van der Waals surface area contributed by atoms with E-state index in [0.29, 0.717) is 28.0 Å². The molecule has 1 heterocycles. The molecule has 2 aromatic carbocycles. The third-order valence-electron chi connectivity index (χ3n) is 3.35. The highest BCUT2D eigenvalue weighted by Crippen LogP contribution is 2.23. The van der Waals surface area contributed by atoms with Crippen molar-refractivity contribution in [1.29, 1.82) is 0 Å². The number of methoxy groups -OCH3 is 1. The quantitative estimate of drug-likeness (QED) is 0.720. The minimum absolute atomic E-state index is 0.321. The molecule has 0 atom stereocenters. The van der Waals surface area contributed by atoms with Crippen molar-refractivity contribution in [2.45, 2.75) is 0 Å². The summed E-state index contributed by atoms with van der Waals surface area (Å²) in [7, 11) is 1.55. The van der Waals surface area contributed by atoms with Crippen LogP contribution >= 0.6 is 11.6 Å². The predicted molar refractivity (Wildman–Crippen MR) is 97.7 cm³/mol. The summed E-state index contributed by atoms with van der Waals surface area (Å²) in [5.74, 6) is 0.630. The number of nitrogens with one attached hydrogen (secondary N) is 2. The summed E-state index contributed by atoms with van der Waals surface area (Å²) in [4.78, 5) is 20.6. The van der Waals surface area contributed by atoms with Crippen molar-refractivity contribution >= 4 is 34.8 Å². The van der Waals surface area contributed by atoms with Gasteiger partial charge in [0.2, 0.25) is 5.95 Å². The van der Waals surface area contributed by atoms with Crippen molar-refractivity contribution in [2.24, 2.45) is 0 Å². The molecular formula is C18H15ClN4O2. The Kier molecular flexibility index (Phi) is 5.11. The zero-order valence-electron chi connectivity index (χ0n) is 13.4. The lowest BCUT2D eigenvalue weighted by Gasteiger charge is -2.10. The van der Waals surface area contributed by atoms with Gasteiger partial charge in [-0.1, -0.05) is 29.8 Å². The van der Waals surface area contributed by atoms with Crippen LogP contribution in [0, 0.1) is 0 Å². The van der Waals surface area contributed by atoms with Gasteiger partial charge in [0, 0.05) is 23.1 Å². The molecule has 0 aliphatic carbocycles. The Morgan fingerprint density at radius 3 is 2.56 bits per heavy atom. The molecule has 0 bridgehead atoms.